The van der Waals surface area contributed by atoms with Crippen molar-refractivity contribution in [1.29, 1.82) is 0 Å². The van der Waals surface area contributed by atoms with E-state index in [0.29, 0.717) is 11.3 Å². The Balaban J connectivity index is 2.78. The van der Waals surface area contributed by atoms with Crippen molar-refractivity contribution in [2.45, 2.75) is 39.7 Å². The third-order valence-electron chi connectivity index (χ3n) is 4.33. The van der Waals surface area contributed by atoms with Crippen molar-refractivity contribution in [1.82, 2.24) is 5.32 Å². The first kappa shape index (κ1) is 23.8. The van der Waals surface area contributed by atoms with Crippen LogP contribution in [0.25, 0.3) is 0 Å². The van der Waals surface area contributed by atoms with E-state index in [0.717, 1.165) is 0 Å². The molecule has 162 valence electrons. The molecule has 1 aliphatic heterocycles. The molecule has 0 unspecified atom stereocenters. The second-order valence-electron chi connectivity index (χ2n) is 6.86. The Morgan fingerprint density at radius 1 is 1.13 bits per heavy atom. The molecule has 0 bridgehead atoms. The molecule has 1 heterocycles. The zero-order chi connectivity index (χ0) is 22.6. The lowest BCUT2D eigenvalue weighted by Crippen LogP contribution is -2.35. The molecular formula is C21H23Cl2NO6. The molecule has 0 saturated heterocycles. The Morgan fingerprint density at radius 2 is 1.80 bits per heavy atom. The van der Waals surface area contributed by atoms with E-state index in [4.69, 9.17) is 37.4 Å². The van der Waals surface area contributed by atoms with Crippen LogP contribution in [0.15, 0.2) is 40.7 Å². The van der Waals surface area contributed by atoms with Gasteiger partial charge in [-0.2, -0.15) is 0 Å². The summed E-state index contributed by atoms with van der Waals surface area (Å²) in [5.74, 6) is -2.81. The van der Waals surface area contributed by atoms with Gasteiger partial charge in [-0.15, -0.1) is 0 Å². The van der Waals surface area contributed by atoms with Gasteiger partial charge in [0.2, 0.25) is 0 Å². The Bertz CT molecular complexity index is 935. The van der Waals surface area contributed by atoms with Crippen molar-refractivity contribution in [3.05, 3.63) is 56.3 Å². The summed E-state index contributed by atoms with van der Waals surface area (Å²) in [6.07, 6.45) is -0.427. The summed E-state index contributed by atoms with van der Waals surface area (Å²) < 4.78 is 15.5. The Morgan fingerprint density at radius 3 is 2.37 bits per heavy atom. The SMILES string of the molecule is COC(=O)C1=C(C)NC(COC(C)=O)=C(C(=O)OC(C)C)[C@@H]1c1cccc(Cl)c1Cl. The predicted molar refractivity (Wildman–Crippen MR) is 112 cm³/mol. The van der Waals surface area contributed by atoms with Crippen LogP contribution in [0, 0.1) is 0 Å². The number of dihydropyridines is 1. The van der Waals surface area contributed by atoms with Gasteiger partial charge in [0.1, 0.15) is 6.61 Å². The quantitative estimate of drug-likeness (QED) is 0.513. The molecule has 1 aromatic rings. The van der Waals surface area contributed by atoms with Gasteiger partial charge >= 0.3 is 17.9 Å². The zero-order valence-corrected chi connectivity index (χ0v) is 18.8. The molecule has 0 spiro atoms. The predicted octanol–water partition coefficient (Wildman–Crippen LogP) is 3.90. The second-order valence-corrected chi connectivity index (χ2v) is 7.64. The van der Waals surface area contributed by atoms with Gasteiger partial charge in [-0.1, -0.05) is 35.3 Å². The number of hydrogen-bond acceptors (Lipinski definition) is 7. The molecule has 9 heteroatoms. The van der Waals surface area contributed by atoms with Gasteiger partial charge in [0.25, 0.3) is 0 Å². The van der Waals surface area contributed by atoms with Gasteiger partial charge in [-0.3, -0.25) is 4.79 Å². The van der Waals surface area contributed by atoms with Crippen molar-refractivity contribution in [3.63, 3.8) is 0 Å². The molecule has 0 amide bonds. The number of benzene rings is 1. The van der Waals surface area contributed by atoms with Crippen LogP contribution in [0.4, 0.5) is 0 Å². The molecule has 0 aromatic heterocycles. The number of rotatable bonds is 6. The van der Waals surface area contributed by atoms with Crippen molar-refractivity contribution in [2.75, 3.05) is 13.7 Å². The van der Waals surface area contributed by atoms with E-state index in [-0.39, 0.29) is 33.5 Å². The fraction of sp³-hybridized carbons (Fsp3) is 0.381. The van der Waals surface area contributed by atoms with Gasteiger partial charge in [0.15, 0.2) is 0 Å². The minimum atomic E-state index is -0.943. The highest BCUT2D eigenvalue weighted by molar-refractivity contribution is 6.42. The van der Waals surface area contributed by atoms with E-state index in [1.165, 1.54) is 14.0 Å². The Labute approximate surface area is 185 Å². The molecule has 1 aromatic carbocycles. The molecule has 0 radical (unpaired) electrons. The van der Waals surface area contributed by atoms with Crippen LogP contribution in [0.3, 0.4) is 0 Å². The third-order valence-corrected chi connectivity index (χ3v) is 5.16. The summed E-state index contributed by atoms with van der Waals surface area (Å²) >= 11 is 12.7. The van der Waals surface area contributed by atoms with E-state index < -0.39 is 29.9 Å². The number of carbonyl (C=O) groups is 3. The van der Waals surface area contributed by atoms with Crippen LogP contribution >= 0.6 is 23.2 Å². The van der Waals surface area contributed by atoms with Crippen molar-refractivity contribution >= 4 is 41.1 Å². The number of carbonyl (C=O) groups excluding carboxylic acids is 3. The minimum Gasteiger partial charge on any atom is -0.466 e. The maximum Gasteiger partial charge on any atom is 0.337 e. The number of methoxy groups -OCH3 is 1. The Kier molecular flexibility index (Phi) is 7.92. The summed E-state index contributed by atoms with van der Waals surface area (Å²) in [5.41, 5.74) is 1.37. The fourth-order valence-electron chi connectivity index (χ4n) is 3.14. The lowest BCUT2D eigenvalue weighted by molar-refractivity contribution is -0.144. The molecular weight excluding hydrogens is 433 g/mol. The summed E-state index contributed by atoms with van der Waals surface area (Å²) in [5, 5.41) is 3.42. The molecule has 7 nitrogen and oxygen atoms in total. The van der Waals surface area contributed by atoms with E-state index in [9.17, 15) is 14.4 Å². The third kappa shape index (κ3) is 5.15. The van der Waals surface area contributed by atoms with E-state index >= 15 is 0 Å². The molecule has 0 fully saturated rings. The largest absolute Gasteiger partial charge is 0.466 e. The van der Waals surface area contributed by atoms with Gasteiger partial charge in [-0.25, -0.2) is 9.59 Å². The average molecular weight is 456 g/mol. The van der Waals surface area contributed by atoms with Gasteiger partial charge in [0.05, 0.1) is 46.0 Å². The fourth-order valence-corrected chi connectivity index (χ4v) is 3.55. The standard InChI is InChI=1S/C21H23Cl2NO6/c1-10(2)30-21(27)18-15(9-29-12(4)25)24-11(3)16(20(26)28-5)17(18)13-7-6-8-14(22)19(13)23/h6-8,10,17,24H,9H2,1-5H3/t17-/m1/s1. The summed E-state index contributed by atoms with van der Waals surface area (Å²) in [7, 11) is 1.24. The van der Waals surface area contributed by atoms with Crippen LogP contribution in [0.5, 0.6) is 0 Å². The first-order valence-corrected chi connectivity index (χ1v) is 9.91. The highest BCUT2D eigenvalue weighted by atomic mass is 35.5. The zero-order valence-electron chi connectivity index (χ0n) is 17.3. The molecule has 1 N–H and O–H groups in total. The first-order chi connectivity index (χ1) is 14.1. The maximum atomic E-state index is 13.1. The molecule has 2 rings (SSSR count). The van der Waals surface area contributed by atoms with Crippen LogP contribution in [0.2, 0.25) is 10.0 Å². The van der Waals surface area contributed by atoms with Crippen LogP contribution in [-0.4, -0.2) is 37.7 Å². The van der Waals surface area contributed by atoms with E-state index in [2.05, 4.69) is 5.32 Å². The maximum absolute atomic E-state index is 13.1. The summed E-state index contributed by atoms with van der Waals surface area (Å²) in [4.78, 5) is 37.1. The lowest BCUT2D eigenvalue weighted by Gasteiger charge is -2.32. The number of nitrogens with one attached hydrogen (secondary N) is 1. The molecule has 1 aliphatic rings. The number of esters is 3. The highest BCUT2D eigenvalue weighted by Crippen LogP contribution is 2.43. The number of allylic oxidation sites excluding steroid dienone is 1. The molecule has 30 heavy (non-hydrogen) atoms. The van der Waals surface area contributed by atoms with Crippen molar-refractivity contribution in [2.24, 2.45) is 0 Å². The first-order valence-electron chi connectivity index (χ1n) is 9.15. The summed E-state index contributed by atoms with van der Waals surface area (Å²) in [6, 6.07) is 4.91. The van der Waals surface area contributed by atoms with Crippen LogP contribution in [-0.2, 0) is 28.6 Å². The summed E-state index contributed by atoms with van der Waals surface area (Å²) in [6.45, 7) is 6.08. The second kappa shape index (κ2) is 10.00. The van der Waals surface area contributed by atoms with Gasteiger partial charge in [0, 0.05) is 12.6 Å². The van der Waals surface area contributed by atoms with Gasteiger partial charge in [-0.05, 0) is 32.4 Å². The average Bonchev–Trinajstić information content (AvgIpc) is 2.66. The normalized spacial score (nSPS) is 16.3. The minimum absolute atomic E-state index is 0.0834. The smallest absolute Gasteiger partial charge is 0.337 e. The van der Waals surface area contributed by atoms with Crippen LogP contribution in [0.1, 0.15) is 39.2 Å². The van der Waals surface area contributed by atoms with Crippen molar-refractivity contribution < 1.29 is 28.6 Å². The van der Waals surface area contributed by atoms with Crippen LogP contribution < -0.4 is 5.32 Å². The number of halogens is 2. The highest BCUT2D eigenvalue weighted by Gasteiger charge is 2.40. The molecule has 0 saturated carbocycles. The lowest BCUT2D eigenvalue weighted by atomic mass is 9.80. The molecule has 1 atom stereocenters. The number of ether oxygens (including phenoxy) is 3. The van der Waals surface area contributed by atoms with Gasteiger partial charge < -0.3 is 19.5 Å². The van der Waals surface area contributed by atoms with E-state index in [1.54, 1.807) is 39.0 Å². The topological polar surface area (TPSA) is 90.9 Å². The molecule has 0 aliphatic carbocycles. The number of hydrogen-bond donors (Lipinski definition) is 1. The van der Waals surface area contributed by atoms with E-state index in [1.807, 2.05) is 0 Å². The monoisotopic (exact) mass is 455 g/mol. The van der Waals surface area contributed by atoms with Crippen molar-refractivity contribution in [3.8, 4) is 0 Å². The Hall–Kier alpha value is -2.51.